The van der Waals surface area contributed by atoms with E-state index in [9.17, 15) is 0 Å². The van der Waals surface area contributed by atoms with Crippen LogP contribution in [0.2, 0.25) is 0 Å². The summed E-state index contributed by atoms with van der Waals surface area (Å²) in [6.07, 6.45) is 0. The number of nitrogens with zero attached hydrogens (tertiary/aromatic N) is 2. The first kappa shape index (κ1) is 34.1. The quantitative estimate of drug-likeness (QED) is 0.165. The second kappa shape index (κ2) is 13.2. The number of rotatable bonds is 6. The van der Waals surface area contributed by atoms with Crippen LogP contribution in [0.4, 0.5) is 17.1 Å². The molecule has 0 radical (unpaired) electrons. The van der Waals surface area contributed by atoms with E-state index in [1.807, 2.05) is 0 Å². The minimum absolute atomic E-state index is 0.267. The van der Waals surface area contributed by atoms with Crippen molar-refractivity contribution in [2.75, 3.05) is 4.90 Å². The van der Waals surface area contributed by atoms with E-state index in [1.165, 1.54) is 94.0 Å². The van der Waals surface area contributed by atoms with Gasteiger partial charge in [-0.25, -0.2) is 0 Å². The van der Waals surface area contributed by atoms with Gasteiger partial charge < -0.3 is 9.47 Å². The second-order valence-corrected chi connectivity index (χ2v) is 16.2. The van der Waals surface area contributed by atoms with Crippen molar-refractivity contribution in [1.82, 2.24) is 4.57 Å². The largest absolute Gasteiger partial charge is 0.310 e. The van der Waals surface area contributed by atoms with Crippen LogP contribution in [0.5, 0.6) is 0 Å². The fraction of sp³-hybridized carbons (Fsp3) is 0.0714. The van der Waals surface area contributed by atoms with Crippen molar-refractivity contribution >= 4 is 49.6 Å². The smallest absolute Gasteiger partial charge is 0.0619 e. The molecule has 0 fully saturated rings. The maximum atomic E-state index is 2.51. The predicted molar refractivity (Wildman–Crippen MR) is 246 cm³/mol. The van der Waals surface area contributed by atoms with Crippen LogP contribution >= 0.6 is 0 Å². The van der Waals surface area contributed by atoms with Gasteiger partial charge in [-0.15, -0.1) is 0 Å². The van der Waals surface area contributed by atoms with Gasteiger partial charge in [-0.05, 0) is 106 Å². The number of aromatic nitrogens is 1. The maximum absolute atomic E-state index is 2.51. The molecule has 1 aliphatic rings. The molecule has 2 nitrogen and oxygen atoms in total. The third-order valence-corrected chi connectivity index (χ3v) is 12.4. The normalized spacial score (nSPS) is 12.9. The Hall–Kier alpha value is -7.16. The average Bonchev–Trinajstić information content (AvgIpc) is 3.72. The van der Waals surface area contributed by atoms with E-state index in [0.29, 0.717) is 0 Å². The number of hydrogen-bond acceptors (Lipinski definition) is 1. The molecule has 0 atom stereocenters. The Balaban J connectivity index is 1.12. The molecule has 0 bridgehead atoms. The molecule has 0 amide bonds. The van der Waals surface area contributed by atoms with Gasteiger partial charge in [0.1, 0.15) is 0 Å². The Morgan fingerprint density at radius 2 is 1.05 bits per heavy atom. The van der Waals surface area contributed by atoms with Crippen LogP contribution in [0, 0.1) is 6.92 Å². The van der Waals surface area contributed by atoms with E-state index in [4.69, 9.17) is 0 Å². The summed E-state index contributed by atoms with van der Waals surface area (Å²) in [6.45, 7) is 7.01. The van der Waals surface area contributed by atoms with E-state index >= 15 is 0 Å². The van der Waals surface area contributed by atoms with Crippen LogP contribution in [0.15, 0.2) is 200 Å². The van der Waals surface area contributed by atoms with Gasteiger partial charge in [-0.1, -0.05) is 165 Å². The van der Waals surface area contributed by atoms with Crippen LogP contribution in [-0.4, -0.2) is 4.57 Å². The Morgan fingerprint density at radius 3 is 1.79 bits per heavy atom. The summed E-state index contributed by atoms with van der Waals surface area (Å²) in [7, 11) is 0. The van der Waals surface area contributed by atoms with Crippen molar-refractivity contribution in [2.45, 2.75) is 26.2 Å². The molecule has 10 aromatic rings. The molecule has 0 aliphatic heterocycles. The highest BCUT2D eigenvalue weighted by Crippen LogP contribution is 2.55. The fourth-order valence-electron chi connectivity index (χ4n) is 9.62. The molecule has 2 heteroatoms. The zero-order chi connectivity index (χ0) is 39.0. The molecule has 1 aromatic heterocycles. The summed E-state index contributed by atoms with van der Waals surface area (Å²) >= 11 is 0. The second-order valence-electron chi connectivity index (χ2n) is 16.2. The number of anilines is 3. The first-order valence-corrected chi connectivity index (χ1v) is 20.3. The highest BCUT2D eigenvalue weighted by molar-refractivity contribution is 6.14. The molecule has 11 rings (SSSR count). The standard InChI is InChI=1S/C56H42N2/c1-37-26-33-52-49(34-37)47-25-15-24-44(40-18-9-5-10-19-40)55(47)58(52)43-31-32-48-50(35-43)56(2,3)51-36-53(45-22-13-14-23-46(45)54(48)51)57(41-20-11-6-12-21-41)42-29-27-39(28-30-42)38-16-7-4-8-17-38/h4-36H,1-3H3. The van der Waals surface area contributed by atoms with Crippen LogP contribution < -0.4 is 4.90 Å². The van der Waals surface area contributed by atoms with Crippen LogP contribution in [-0.2, 0) is 5.41 Å². The van der Waals surface area contributed by atoms with E-state index < -0.39 is 0 Å². The van der Waals surface area contributed by atoms with Crippen molar-refractivity contribution in [1.29, 1.82) is 0 Å². The predicted octanol–water partition coefficient (Wildman–Crippen LogP) is 15.4. The zero-order valence-corrected chi connectivity index (χ0v) is 32.9. The van der Waals surface area contributed by atoms with Gasteiger partial charge in [0.25, 0.3) is 0 Å². The molecule has 0 N–H and O–H groups in total. The molecular formula is C56H42N2. The number of fused-ring (bicyclic) bond motifs is 8. The molecule has 0 saturated heterocycles. The third kappa shape index (κ3) is 5.26. The molecule has 58 heavy (non-hydrogen) atoms. The maximum Gasteiger partial charge on any atom is 0.0619 e. The van der Waals surface area contributed by atoms with Crippen molar-refractivity contribution in [3.8, 4) is 39.1 Å². The van der Waals surface area contributed by atoms with Gasteiger partial charge in [0.2, 0.25) is 0 Å². The van der Waals surface area contributed by atoms with Crippen molar-refractivity contribution < 1.29 is 0 Å². The first-order chi connectivity index (χ1) is 28.5. The zero-order valence-electron chi connectivity index (χ0n) is 32.9. The number of aryl methyl sites for hydroxylation is 1. The van der Waals surface area contributed by atoms with E-state index in [-0.39, 0.29) is 5.41 Å². The molecule has 0 spiro atoms. The molecule has 1 aliphatic carbocycles. The fourth-order valence-corrected chi connectivity index (χ4v) is 9.62. The summed E-state index contributed by atoms with van der Waals surface area (Å²) in [4.78, 5) is 2.44. The SMILES string of the molecule is Cc1ccc2c(c1)c1cccc(-c3ccccc3)c1n2-c1ccc2c(c1)C(C)(C)c1cc(N(c3ccccc3)c3ccc(-c4ccccc4)cc3)c3ccccc3c1-2. The molecule has 276 valence electrons. The molecular weight excluding hydrogens is 701 g/mol. The van der Waals surface area contributed by atoms with E-state index in [1.54, 1.807) is 0 Å². The Morgan fingerprint density at radius 1 is 0.431 bits per heavy atom. The Kier molecular flexibility index (Phi) is 7.78. The number of benzene rings is 9. The lowest BCUT2D eigenvalue weighted by Crippen LogP contribution is -2.17. The van der Waals surface area contributed by atoms with Gasteiger partial charge in [0.15, 0.2) is 0 Å². The van der Waals surface area contributed by atoms with Crippen LogP contribution in [0.3, 0.4) is 0 Å². The number of hydrogen-bond donors (Lipinski definition) is 0. The minimum atomic E-state index is -0.267. The topological polar surface area (TPSA) is 8.17 Å². The van der Waals surface area contributed by atoms with Gasteiger partial charge in [0, 0.05) is 44.2 Å². The Labute approximate surface area is 339 Å². The van der Waals surface area contributed by atoms with Crippen molar-refractivity contribution in [3.63, 3.8) is 0 Å². The Bertz CT molecular complexity index is 3170. The highest BCUT2D eigenvalue weighted by Gasteiger charge is 2.38. The van der Waals surface area contributed by atoms with Gasteiger partial charge in [0.05, 0.1) is 16.7 Å². The van der Waals surface area contributed by atoms with E-state index in [2.05, 4.69) is 230 Å². The highest BCUT2D eigenvalue weighted by atomic mass is 15.1. The van der Waals surface area contributed by atoms with Crippen LogP contribution in [0.25, 0.3) is 71.6 Å². The summed E-state index contributed by atoms with van der Waals surface area (Å²) in [5.74, 6) is 0. The van der Waals surface area contributed by atoms with E-state index in [0.717, 1.165) is 11.4 Å². The summed E-state index contributed by atoms with van der Waals surface area (Å²) in [5.41, 5.74) is 18.3. The molecule has 0 unspecified atom stereocenters. The lowest BCUT2D eigenvalue weighted by atomic mass is 9.81. The average molecular weight is 743 g/mol. The first-order valence-electron chi connectivity index (χ1n) is 20.3. The lowest BCUT2D eigenvalue weighted by Gasteiger charge is -2.30. The molecule has 1 heterocycles. The van der Waals surface area contributed by atoms with Crippen molar-refractivity contribution in [2.24, 2.45) is 0 Å². The van der Waals surface area contributed by atoms with Gasteiger partial charge in [-0.2, -0.15) is 0 Å². The van der Waals surface area contributed by atoms with Gasteiger partial charge in [-0.3, -0.25) is 0 Å². The number of para-hydroxylation sites is 2. The summed E-state index contributed by atoms with van der Waals surface area (Å²) in [6, 6.07) is 73.6. The summed E-state index contributed by atoms with van der Waals surface area (Å²) < 4.78 is 2.51. The van der Waals surface area contributed by atoms with Crippen LogP contribution in [0.1, 0.15) is 30.5 Å². The molecule has 0 saturated carbocycles. The van der Waals surface area contributed by atoms with Gasteiger partial charge >= 0.3 is 0 Å². The third-order valence-electron chi connectivity index (χ3n) is 12.4. The summed E-state index contributed by atoms with van der Waals surface area (Å²) in [5, 5.41) is 5.06. The monoisotopic (exact) mass is 742 g/mol. The molecule has 9 aromatic carbocycles. The minimum Gasteiger partial charge on any atom is -0.310 e. The lowest BCUT2D eigenvalue weighted by molar-refractivity contribution is 0.660. The van der Waals surface area contributed by atoms with Crippen molar-refractivity contribution in [3.05, 3.63) is 217 Å².